The van der Waals surface area contributed by atoms with Crippen LogP contribution in [0.5, 0.6) is 0 Å². The highest BCUT2D eigenvalue weighted by Gasteiger charge is 2.32. The summed E-state index contributed by atoms with van der Waals surface area (Å²) < 4.78 is 0. The van der Waals surface area contributed by atoms with Crippen molar-refractivity contribution in [2.24, 2.45) is 11.3 Å². The second kappa shape index (κ2) is 5.50. The summed E-state index contributed by atoms with van der Waals surface area (Å²) >= 11 is 0. The van der Waals surface area contributed by atoms with Crippen LogP contribution in [0.25, 0.3) is 0 Å². The first-order valence-corrected chi connectivity index (χ1v) is 7.17. The molecule has 0 bridgehead atoms. The molecular formula is C14H28N2. The van der Waals surface area contributed by atoms with Gasteiger partial charge in [0.15, 0.2) is 0 Å². The van der Waals surface area contributed by atoms with Gasteiger partial charge < -0.3 is 10.2 Å². The second-order valence-corrected chi connectivity index (χ2v) is 6.06. The van der Waals surface area contributed by atoms with Gasteiger partial charge in [-0.2, -0.15) is 0 Å². The Kier molecular flexibility index (Phi) is 4.26. The van der Waals surface area contributed by atoms with Crippen LogP contribution < -0.4 is 5.32 Å². The first kappa shape index (κ1) is 12.4. The van der Waals surface area contributed by atoms with Crippen LogP contribution in [0.15, 0.2) is 0 Å². The Hall–Kier alpha value is -0.0800. The van der Waals surface area contributed by atoms with Crippen LogP contribution in [0.3, 0.4) is 0 Å². The third kappa shape index (κ3) is 2.98. The summed E-state index contributed by atoms with van der Waals surface area (Å²) in [7, 11) is 0. The van der Waals surface area contributed by atoms with Crippen molar-refractivity contribution < 1.29 is 0 Å². The van der Waals surface area contributed by atoms with E-state index in [0.29, 0.717) is 5.41 Å². The molecule has 0 aliphatic carbocycles. The molecule has 0 aromatic rings. The van der Waals surface area contributed by atoms with Gasteiger partial charge >= 0.3 is 0 Å². The predicted molar refractivity (Wildman–Crippen MR) is 69.7 cm³/mol. The smallest absolute Gasteiger partial charge is 0.00388 e. The molecule has 2 heterocycles. The number of nitrogens with zero attached hydrogens (tertiary/aromatic N) is 1. The molecule has 0 saturated carbocycles. The Labute approximate surface area is 101 Å². The molecule has 0 aromatic carbocycles. The quantitative estimate of drug-likeness (QED) is 0.792. The third-order valence-corrected chi connectivity index (χ3v) is 4.85. The first-order chi connectivity index (χ1) is 7.74. The Balaban J connectivity index is 1.86. The summed E-state index contributed by atoms with van der Waals surface area (Å²) in [6, 6.07) is 0. The highest BCUT2D eigenvalue weighted by molar-refractivity contribution is 4.87. The fraction of sp³-hybridized carbons (Fsp3) is 1.00. The molecule has 1 N–H and O–H groups in total. The number of nitrogens with one attached hydrogen (secondary N) is 1. The number of likely N-dealkylation sites (tertiary alicyclic amines) is 1. The van der Waals surface area contributed by atoms with Crippen molar-refractivity contribution in [3.05, 3.63) is 0 Å². The van der Waals surface area contributed by atoms with Gasteiger partial charge in [0.25, 0.3) is 0 Å². The lowest BCUT2D eigenvalue weighted by atomic mass is 9.76. The van der Waals surface area contributed by atoms with Crippen LogP contribution in [0.4, 0.5) is 0 Å². The van der Waals surface area contributed by atoms with Crippen LogP contribution in [0.1, 0.15) is 46.0 Å². The van der Waals surface area contributed by atoms with Crippen LogP contribution in [-0.4, -0.2) is 37.6 Å². The van der Waals surface area contributed by atoms with Crippen molar-refractivity contribution in [3.8, 4) is 0 Å². The summed E-state index contributed by atoms with van der Waals surface area (Å²) in [6.07, 6.45) is 6.96. The van der Waals surface area contributed by atoms with Crippen LogP contribution >= 0.6 is 0 Å². The summed E-state index contributed by atoms with van der Waals surface area (Å²) in [5.41, 5.74) is 0.631. The minimum Gasteiger partial charge on any atom is -0.317 e. The third-order valence-electron chi connectivity index (χ3n) is 4.85. The van der Waals surface area contributed by atoms with Gasteiger partial charge in [0.05, 0.1) is 0 Å². The second-order valence-electron chi connectivity index (χ2n) is 6.06. The van der Waals surface area contributed by atoms with Gasteiger partial charge in [-0.1, -0.05) is 13.8 Å². The fourth-order valence-electron chi connectivity index (χ4n) is 3.28. The summed E-state index contributed by atoms with van der Waals surface area (Å²) in [5.74, 6) is 0.960. The average Bonchev–Trinajstić information content (AvgIpc) is 2.33. The first-order valence-electron chi connectivity index (χ1n) is 7.17. The SMILES string of the molecule is CCC1(CN2CCC(C)CC2)CCNCC1. The maximum atomic E-state index is 3.50. The molecule has 2 aliphatic rings. The van der Waals surface area contributed by atoms with Gasteiger partial charge in [-0.25, -0.2) is 0 Å². The highest BCUT2D eigenvalue weighted by Crippen LogP contribution is 2.34. The van der Waals surface area contributed by atoms with Gasteiger partial charge in [-0.3, -0.25) is 0 Å². The lowest BCUT2D eigenvalue weighted by molar-refractivity contribution is 0.0830. The molecule has 2 rings (SSSR count). The topological polar surface area (TPSA) is 15.3 Å². The Morgan fingerprint density at radius 2 is 1.81 bits per heavy atom. The van der Waals surface area contributed by atoms with Gasteiger partial charge in [-0.15, -0.1) is 0 Å². The normalized spacial score (nSPS) is 28.1. The van der Waals surface area contributed by atoms with E-state index in [4.69, 9.17) is 0 Å². The van der Waals surface area contributed by atoms with E-state index in [1.807, 2.05) is 0 Å². The number of hydrogen-bond acceptors (Lipinski definition) is 2. The van der Waals surface area contributed by atoms with Crippen molar-refractivity contribution >= 4 is 0 Å². The zero-order valence-corrected chi connectivity index (χ0v) is 11.1. The largest absolute Gasteiger partial charge is 0.317 e. The van der Waals surface area contributed by atoms with E-state index in [9.17, 15) is 0 Å². The number of piperidine rings is 2. The van der Waals surface area contributed by atoms with Crippen molar-refractivity contribution in [3.63, 3.8) is 0 Å². The molecule has 2 fully saturated rings. The molecule has 2 saturated heterocycles. The van der Waals surface area contributed by atoms with Crippen molar-refractivity contribution in [1.29, 1.82) is 0 Å². The summed E-state index contributed by atoms with van der Waals surface area (Å²) in [6.45, 7) is 11.3. The van der Waals surface area contributed by atoms with Gasteiger partial charge in [0.2, 0.25) is 0 Å². The molecule has 2 heteroatoms. The lowest BCUT2D eigenvalue weighted by Gasteiger charge is -2.42. The highest BCUT2D eigenvalue weighted by atomic mass is 15.1. The molecule has 0 radical (unpaired) electrons. The van der Waals surface area contributed by atoms with Gasteiger partial charge in [-0.05, 0) is 69.6 Å². The lowest BCUT2D eigenvalue weighted by Crippen LogP contribution is -2.46. The van der Waals surface area contributed by atoms with E-state index < -0.39 is 0 Å². The summed E-state index contributed by atoms with van der Waals surface area (Å²) in [4.78, 5) is 2.73. The fourth-order valence-corrected chi connectivity index (χ4v) is 3.28. The summed E-state index contributed by atoms with van der Waals surface area (Å²) in [5, 5.41) is 3.50. The molecule has 0 amide bonds. The van der Waals surface area contributed by atoms with E-state index in [2.05, 4.69) is 24.1 Å². The molecule has 2 nitrogen and oxygen atoms in total. The zero-order chi connectivity index (χ0) is 11.4. The molecule has 0 aromatic heterocycles. The minimum absolute atomic E-state index is 0.631. The number of hydrogen-bond donors (Lipinski definition) is 1. The minimum atomic E-state index is 0.631. The van der Waals surface area contributed by atoms with Crippen LogP contribution in [0.2, 0.25) is 0 Å². The van der Waals surface area contributed by atoms with Gasteiger partial charge in [0, 0.05) is 6.54 Å². The van der Waals surface area contributed by atoms with E-state index in [1.165, 1.54) is 64.8 Å². The van der Waals surface area contributed by atoms with Gasteiger partial charge in [0.1, 0.15) is 0 Å². The Morgan fingerprint density at radius 3 is 2.38 bits per heavy atom. The molecule has 0 spiro atoms. The van der Waals surface area contributed by atoms with Crippen molar-refractivity contribution in [2.45, 2.75) is 46.0 Å². The zero-order valence-electron chi connectivity index (χ0n) is 11.1. The van der Waals surface area contributed by atoms with E-state index in [1.54, 1.807) is 0 Å². The van der Waals surface area contributed by atoms with E-state index >= 15 is 0 Å². The Bertz CT molecular complexity index is 201. The predicted octanol–water partition coefficient (Wildman–Crippen LogP) is 2.50. The average molecular weight is 224 g/mol. The standard InChI is InChI=1S/C14H28N2/c1-3-14(6-8-15-9-7-14)12-16-10-4-13(2)5-11-16/h13,15H,3-12H2,1-2H3. The monoisotopic (exact) mass is 224 g/mol. The molecule has 16 heavy (non-hydrogen) atoms. The Morgan fingerprint density at radius 1 is 1.19 bits per heavy atom. The van der Waals surface area contributed by atoms with E-state index in [-0.39, 0.29) is 0 Å². The van der Waals surface area contributed by atoms with E-state index in [0.717, 1.165) is 5.92 Å². The van der Waals surface area contributed by atoms with Crippen molar-refractivity contribution in [2.75, 3.05) is 32.7 Å². The van der Waals surface area contributed by atoms with Crippen LogP contribution in [0, 0.1) is 11.3 Å². The van der Waals surface area contributed by atoms with Crippen molar-refractivity contribution in [1.82, 2.24) is 10.2 Å². The molecule has 0 atom stereocenters. The maximum absolute atomic E-state index is 3.50. The molecule has 0 unspecified atom stereocenters. The maximum Gasteiger partial charge on any atom is 0.00388 e. The van der Waals surface area contributed by atoms with Crippen LogP contribution in [-0.2, 0) is 0 Å². The molecule has 94 valence electrons. The number of rotatable bonds is 3. The molecule has 2 aliphatic heterocycles. The molecular weight excluding hydrogens is 196 g/mol.